The number of hydrogen-bond acceptors (Lipinski definition) is 4. The van der Waals surface area contributed by atoms with Gasteiger partial charge in [-0.25, -0.2) is 4.98 Å². The third kappa shape index (κ3) is 3.64. The van der Waals surface area contributed by atoms with Gasteiger partial charge in [-0.15, -0.1) is 11.3 Å². The Morgan fingerprint density at radius 3 is 2.55 bits per heavy atom. The van der Waals surface area contributed by atoms with Crippen molar-refractivity contribution in [1.82, 2.24) is 4.98 Å². The summed E-state index contributed by atoms with van der Waals surface area (Å²) in [5.74, 6) is 0.721. The van der Waals surface area contributed by atoms with Gasteiger partial charge in [0.15, 0.2) is 5.75 Å². The summed E-state index contributed by atoms with van der Waals surface area (Å²) in [6, 6.07) is 3.77. The molecule has 0 spiro atoms. The van der Waals surface area contributed by atoms with Crippen LogP contribution in [-0.2, 0) is 6.42 Å². The highest BCUT2D eigenvalue weighted by Gasteiger charge is 2.16. The summed E-state index contributed by atoms with van der Waals surface area (Å²) >= 11 is 14.0. The summed E-state index contributed by atoms with van der Waals surface area (Å²) in [6.07, 6.45) is 2.55. The Bertz CT molecular complexity index is 537. The summed E-state index contributed by atoms with van der Waals surface area (Å²) in [6.45, 7) is 2.97. The fourth-order valence-electron chi connectivity index (χ4n) is 2.00. The first-order valence-corrected chi connectivity index (χ1v) is 7.99. The van der Waals surface area contributed by atoms with Gasteiger partial charge in [0.1, 0.15) is 0 Å². The van der Waals surface area contributed by atoms with E-state index in [1.54, 1.807) is 17.5 Å². The predicted octanol–water partition coefficient (Wildman–Crippen LogP) is 4.13. The van der Waals surface area contributed by atoms with E-state index in [2.05, 4.69) is 4.98 Å². The van der Waals surface area contributed by atoms with Crippen LogP contribution in [0.1, 0.15) is 23.4 Å². The number of thiazole rings is 1. The molecule has 3 nitrogen and oxygen atoms in total. The van der Waals surface area contributed by atoms with Gasteiger partial charge in [0.05, 0.1) is 21.7 Å². The molecule has 0 amide bonds. The first-order chi connectivity index (χ1) is 9.65. The van der Waals surface area contributed by atoms with Crippen LogP contribution in [0.5, 0.6) is 5.75 Å². The second-order valence-electron chi connectivity index (χ2n) is 4.33. The summed E-state index contributed by atoms with van der Waals surface area (Å²) in [7, 11) is 0. The van der Waals surface area contributed by atoms with Crippen LogP contribution < -0.4 is 10.5 Å². The smallest absolute Gasteiger partial charge is 0.156 e. The number of nitrogens with two attached hydrogens (primary N) is 1. The molecule has 2 rings (SSSR count). The van der Waals surface area contributed by atoms with Gasteiger partial charge in [0.2, 0.25) is 0 Å². The number of aromatic nitrogens is 1. The van der Waals surface area contributed by atoms with Crippen LogP contribution in [0, 0.1) is 0 Å². The standard InChI is InChI=1S/C14H16Cl2N2OS/c1-2-19-13-11(15)6-9(7-12(13)16)5-10(8-17)14-18-3-4-20-14/h3-4,6-7,10H,2,5,8,17H2,1H3. The number of nitrogens with zero attached hydrogens (tertiary/aromatic N) is 1. The average molecular weight is 331 g/mol. The molecule has 0 bridgehead atoms. The van der Waals surface area contributed by atoms with E-state index in [-0.39, 0.29) is 5.92 Å². The molecule has 6 heteroatoms. The van der Waals surface area contributed by atoms with Crippen molar-refractivity contribution in [1.29, 1.82) is 0 Å². The molecule has 1 heterocycles. The summed E-state index contributed by atoms with van der Waals surface area (Å²) in [5, 5.41) is 4.05. The molecule has 1 atom stereocenters. The predicted molar refractivity (Wildman–Crippen MR) is 85.2 cm³/mol. The van der Waals surface area contributed by atoms with Crippen LogP contribution in [0.25, 0.3) is 0 Å². The Labute approximate surface area is 132 Å². The van der Waals surface area contributed by atoms with Crippen LogP contribution >= 0.6 is 34.5 Å². The molecular formula is C14H16Cl2N2OS. The Morgan fingerprint density at radius 2 is 2.05 bits per heavy atom. The molecule has 108 valence electrons. The molecule has 2 aromatic rings. The molecule has 0 fully saturated rings. The van der Waals surface area contributed by atoms with Crippen molar-refractivity contribution < 1.29 is 4.74 Å². The summed E-state index contributed by atoms with van der Waals surface area (Å²) < 4.78 is 5.43. The van der Waals surface area contributed by atoms with Gasteiger partial charge in [-0.05, 0) is 31.0 Å². The highest BCUT2D eigenvalue weighted by Crippen LogP contribution is 2.35. The maximum Gasteiger partial charge on any atom is 0.156 e. The quantitative estimate of drug-likeness (QED) is 0.866. The zero-order valence-electron chi connectivity index (χ0n) is 11.1. The van der Waals surface area contributed by atoms with Crippen LogP contribution in [-0.4, -0.2) is 18.1 Å². The maximum atomic E-state index is 6.21. The van der Waals surface area contributed by atoms with Gasteiger partial charge in [-0.1, -0.05) is 23.2 Å². The van der Waals surface area contributed by atoms with Gasteiger partial charge in [-0.3, -0.25) is 0 Å². The van der Waals surface area contributed by atoms with Crippen molar-refractivity contribution in [2.75, 3.05) is 13.2 Å². The number of ether oxygens (including phenoxy) is 1. The Morgan fingerprint density at radius 1 is 1.35 bits per heavy atom. The number of benzene rings is 1. The molecule has 0 radical (unpaired) electrons. The minimum absolute atomic E-state index is 0.181. The minimum Gasteiger partial charge on any atom is -0.491 e. The van der Waals surface area contributed by atoms with Crippen molar-refractivity contribution in [2.24, 2.45) is 5.73 Å². The molecule has 1 unspecified atom stereocenters. The fourth-order valence-corrected chi connectivity index (χ4v) is 3.40. The van der Waals surface area contributed by atoms with E-state index in [1.165, 1.54) is 0 Å². The zero-order chi connectivity index (χ0) is 14.5. The van der Waals surface area contributed by atoms with Gasteiger partial charge in [-0.2, -0.15) is 0 Å². The molecule has 0 saturated carbocycles. The van der Waals surface area contributed by atoms with Crippen LogP contribution in [0.3, 0.4) is 0 Å². The van der Waals surface area contributed by atoms with Crippen molar-refractivity contribution in [2.45, 2.75) is 19.3 Å². The van der Waals surface area contributed by atoms with Crippen LogP contribution in [0.15, 0.2) is 23.7 Å². The first-order valence-electron chi connectivity index (χ1n) is 6.35. The molecule has 0 aliphatic carbocycles. The second-order valence-corrected chi connectivity index (χ2v) is 6.07. The summed E-state index contributed by atoms with van der Waals surface area (Å²) in [5.41, 5.74) is 6.88. The Balaban J connectivity index is 2.21. The lowest BCUT2D eigenvalue weighted by Crippen LogP contribution is -2.14. The van der Waals surface area contributed by atoms with Gasteiger partial charge < -0.3 is 10.5 Å². The largest absolute Gasteiger partial charge is 0.491 e. The molecule has 2 N–H and O–H groups in total. The first kappa shape index (κ1) is 15.6. The normalized spacial score (nSPS) is 12.4. The highest BCUT2D eigenvalue weighted by atomic mass is 35.5. The molecule has 1 aromatic carbocycles. The van der Waals surface area contributed by atoms with E-state index in [1.807, 2.05) is 24.4 Å². The number of hydrogen-bond donors (Lipinski definition) is 1. The third-order valence-corrected chi connectivity index (χ3v) is 4.41. The minimum atomic E-state index is 0.181. The van der Waals surface area contributed by atoms with Gasteiger partial charge >= 0.3 is 0 Å². The summed E-state index contributed by atoms with van der Waals surface area (Å²) in [4.78, 5) is 4.32. The lowest BCUT2D eigenvalue weighted by molar-refractivity contribution is 0.340. The van der Waals surface area contributed by atoms with E-state index in [4.69, 9.17) is 33.7 Å². The molecular weight excluding hydrogens is 315 g/mol. The van der Waals surface area contributed by atoms with E-state index in [0.717, 1.165) is 17.0 Å². The van der Waals surface area contributed by atoms with E-state index in [9.17, 15) is 0 Å². The molecule has 0 saturated heterocycles. The Kier molecular flexibility index (Phi) is 5.66. The topological polar surface area (TPSA) is 48.1 Å². The van der Waals surface area contributed by atoms with Crippen molar-refractivity contribution >= 4 is 34.5 Å². The molecule has 0 aliphatic rings. The van der Waals surface area contributed by atoms with Crippen molar-refractivity contribution in [3.8, 4) is 5.75 Å². The number of halogens is 2. The van der Waals surface area contributed by atoms with E-state index in [0.29, 0.717) is 28.9 Å². The second kappa shape index (κ2) is 7.27. The van der Waals surface area contributed by atoms with Crippen LogP contribution in [0.2, 0.25) is 10.0 Å². The highest BCUT2D eigenvalue weighted by molar-refractivity contribution is 7.09. The lowest BCUT2D eigenvalue weighted by atomic mass is 10.00. The molecule has 20 heavy (non-hydrogen) atoms. The van der Waals surface area contributed by atoms with Crippen molar-refractivity contribution in [3.63, 3.8) is 0 Å². The third-order valence-electron chi connectivity index (χ3n) is 2.91. The monoisotopic (exact) mass is 330 g/mol. The number of rotatable bonds is 6. The van der Waals surface area contributed by atoms with Crippen LogP contribution in [0.4, 0.5) is 0 Å². The maximum absolute atomic E-state index is 6.21. The Hall–Kier alpha value is -0.810. The van der Waals surface area contributed by atoms with Gasteiger partial charge in [0, 0.05) is 24.0 Å². The molecule has 1 aromatic heterocycles. The van der Waals surface area contributed by atoms with Gasteiger partial charge in [0.25, 0.3) is 0 Å². The van der Waals surface area contributed by atoms with E-state index < -0.39 is 0 Å². The fraction of sp³-hybridized carbons (Fsp3) is 0.357. The lowest BCUT2D eigenvalue weighted by Gasteiger charge is -2.14. The van der Waals surface area contributed by atoms with Crippen molar-refractivity contribution in [3.05, 3.63) is 44.3 Å². The average Bonchev–Trinajstić information content (AvgIpc) is 2.94. The zero-order valence-corrected chi connectivity index (χ0v) is 13.4. The SMILES string of the molecule is CCOc1c(Cl)cc(CC(CN)c2nccs2)cc1Cl. The van der Waals surface area contributed by atoms with E-state index >= 15 is 0 Å². The molecule has 0 aliphatic heterocycles.